The number of hydrogen-bond donors (Lipinski definition) is 2. The summed E-state index contributed by atoms with van der Waals surface area (Å²) in [5.74, 6) is -0.116. The Hall–Kier alpha value is -1.30. The number of aromatic nitrogens is 1. The van der Waals surface area contributed by atoms with Crippen LogP contribution in [0.1, 0.15) is 22.5 Å². The summed E-state index contributed by atoms with van der Waals surface area (Å²) in [6.07, 6.45) is 0. The lowest BCUT2D eigenvalue weighted by atomic mass is 10.2. The standard InChI is InChI=1S/C14H17ClN2O2S/c1-10-7-13(11(2)17-10)8-16-20(18,19)9-12-5-3-4-6-14(12)15/h3-7,16-17H,8-9H2,1-2H3. The quantitative estimate of drug-likeness (QED) is 0.891. The number of aromatic amines is 1. The van der Waals surface area contributed by atoms with Crippen molar-refractivity contribution < 1.29 is 8.42 Å². The molecule has 6 heteroatoms. The van der Waals surface area contributed by atoms with Gasteiger partial charge in [0.05, 0.1) is 5.75 Å². The highest BCUT2D eigenvalue weighted by atomic mass is 35.5. The second kappa shape index (κ2) is 5.99. The fraction of sp³-hybridized carbons (Fsp3) is 0.286. The van der Waals surface area contributed by atoms with Crippen LogP contribution < -0.4 is 4.72 Å². The lowest BCUT2D eigenvalue weighted by Crippen LogP contribution is -2.25. The van der Waals surface area contributed by atoms with Gasteiger partial charge in [-0.2, -0.15) is 0 Å². The van der Waals surface area contributed by atoms with E-state index in [-0.39, 0.29) is 12.3 Å². The van der Waals surface area contributed by atoms with Gasteiger partial charge in [0.2, 0.25) is 10.0 Å². The van der Waals surface area contributed by atoms with E-state index in [0.717, 1.165) is 17.0 Å². The first kappa shape index (κ1) is 15.1. The highest BCUT2D eigenvalue weighted by Gasteiger charge is 2.14. The molecule has 1 aromatic heterocycles. The number of halogens is 1. The molecule has 0 radical (unpaired) electrons. The Bertz CT molecular complexity index is 708. The SMILES string of the molecule is Cc1cc(CNS(=O)(=O)Cc2ccccc2Cl)c(C)[nH]1. The molecule has 4 nitrogen and oxygen atoms in total. The van der Waals surface area contributed by atoms with Crippen LogP contribution in [0, 0.1) is 13.8 Å². The van der Waals surface area contributed by atoms with Crippen LogP contribution in [0.25, 0.3) is 0 Å². The smallest absolute Gasteiger partial charge is 0.216 e. The van der Waals surface area contributed by atoms with Crippen LogP contribution >= 0.6 is 11.6 Å². The molecule has 0 bridgehead atoms. The highest BCUT2D eigenvalue weighted by Crippen LogP contribution is 2.17. The van der Waals surface area contributed by atoms with Crippen molar-refractivity contribution in [3.05, 3.63) is 57.9 Å². The van der Waals surface area contributed by atoms with Crippen molar-refractivity contribution in [1.29, 1.82) is 0 Å². The van der Waals surface area contributed by atoms with Crippen LogP contribution in [0.5, 0.6) is 0 Å². The minimum atomic E-state index is -3.41. The Labute approximate surface area is 124 Å². The summed E-state index contributed by atoms with van der Waals surface area (Å²) in [6, 6.07) is 8.89. The Morgan fingerprint density at radius 2 is 1.90 bits per heavy atom. The molecule has 0 amide bonds. The van der Waals surface area contributed by atoms with Crippen molar-refractivity contribution in [2.45, 2.75) is 26.1 Å². The molecule has 2 rings (SSSR count). The molecule has 1 heterocycles. The van der Waals surface area contributed by atoms with Crippen molar-refractivity contribution in [3.63, 3.8) is 0 Å². The zero-order valence-electron chi connectivity index (χ0n) is 11.4. The van der Waals surface area contributed by atoms with E-state index in [1.807, 2.05) is 19.9 Å². The van der Waals surface area contributed by atoms with Gasteiger partial charge in [0.25, 0.3) is 0 Å². The van der Waals surface area contributed by atoms with E-state index in [1.54, 1.807) is 24.3 Å². The molecule has 108 valence electrons. The second-order valence-electron chi connectivity index (χ2n) is 4.77. The zero-order valence-corrected chi connectivity index (χ0v) is 13.0. The highest BCUT2D eigenvalue weighted by molar-refractivity contribution is 7.88. The third-order valence-electron chi connectivity index (χ3n) is 3.04. The van der Waals surface area contributed by atoms with Gasteiger partial charge in [0, 0.05) is 23.0 Å². The lowest BCUT2D eigenvalue weighted by Gasteiger charge is -2.08. The molecule has 0 unspecified atom stereocenters. The van der Waals surface area contributed by atoms with Crippen LogP contribution in [0.3, 0.4) is 0 Å². The predicted octanol–water partition coefficient (Wildman–Crippen LogP) is 2.90. The summed E-state index contributed by atoms with van der Waals surface area (Å²) in [4.78, 5) is 3.15. The molecule has 0 aliphatic heterocycles. The van der Waals surface area contributed by atoms with Crippen molar-refractivity contribution in [3.8, 4) is 0 Å². The van der Waals surface area contributed by atoms with Gasteiger partial charge in [0.15, 0.2) is 0 Å². The number of benzene rings is 1. The van der Waals surface area contributed by atoms with E-state index >= 15 is 0 Å². The number of nitrogens with one attached hydrogen (secondary N) is 2. The molecule has 2 aromatic rings. The Kier molecular flexibility index (Phi) is 4.52. The summed E-state index contributed by atoms with van der Waals surface area (Å²) in [5, 5.41) is 0.464. The molecule has 0 saturated carbocycles. The van der Waals surface area contributed by atoms with Crippen molar-refractivity contribution in [2.24, 2.45) is 0 Å². The van der Waals surface area contributed by atoms with E-state index in [4.69, 9.17) is 11.6 Å². The van der Waals surface area contributed by atoms with Crippen LogP contribution in [-0.4, -0.2) is 13.4 Å². The maximum atomic E-state index is 12.1. The van der Waals surface area contributed by atoms with E-state index in [2.05, 4.69) is 9.71 Å². The second-order valence-corrected chi connectivity index (χ2v) is 6.99. The molecule has 0 aliphatic rings. The topological polar surface area (TPSA) is 62.0 Å². The Balaban J connectivity index is 2.05. The third kappa shape index (κ3) is 3.85. The summed E-state index contributed by atoms with van der Waals surface area (Å²) in [7, 11) is -3.41. The van der Waals surface area contributed by atoms with Gasteiger partial charge >= 0.3 is 0 Å². The molecule has 0 fully saturated rings. The van der Waals surface area contributed by atoms with E-state index < -0.39 is 10.0 Å². The van der Waals surface area contributed by atoms with E-state index in [1.165, 1.54) is 0 Å². The van der Waals surface area contributed by atoms with Gasteiger partial charge in [-0.05, 0) is 37.1 Å². The molecule has 0 spiro atoms. The van der Waals surface area contributed by atoms with Gasteiger partial charge in [-0.15, -0.1) is 0 Å². The first-order chi connectivity index (χ1) is 9.37. The Morgan fingerprint density at radius 3 is 2.50 bits per heavy atom. The monoisotopic (exact) mass is 312 g/mol. The normalized spacial score (nSPS) is 11.8. The molecule has 0 saturated heterocycles. The number of aryl methyl sites for hydroxylation is 2. The minimum absolute atomic E-state index is 0.116. The Morgan fingerprint density at radius 1 is 1.20 bits per heavy atom. The van der Waals surface area contributed by atoms with Crippen LogP contribution in [0.4, 0.5) is 0 Å². The first-order valence-electron chi connectivity index (χ1n) is 6.23. The maximum absolute atomic E-state index is 12.1. The van der Waals surface area contributed by atoms with Gasteiger partial charge in [-0.3, -0.25) is 0 Å². The fourth-order valence-corrected chi connectivity index (χ4v) is 3.44. The van der Waals surface area contributed by atoms with Gasteiger partial charge < -0.3 is 4.98 Å². The number of hydrogen-bond acceptors (Lipinski definition) is 2. The zero-order chi connectivity index (χ0) is 14.8. The van der Waals surface area contributed by atoms with E-state index in [0.29, 0.717) is 10.6 Å². The minimum Gasteiger partial charge on any atom is -0.362 e. The van der Waals surface area contributed by atoms with Crippen LogP contribution in [-0.2, 0) is 22.3 Å². The maximum Gasteiger partial charge on any atom is 0.216 e. The largest absolute Gasteiger partial charge is 0.362 e. The van der Waals surface area contributed by atoms with Gasteiger partial charge in [0.1, 0.15) is 0 Å². The number of rotatable bonds is 5. The molecular formula is C14H17ClN2O2S. The van der Waals surface area contributed by atoms with E-state index in [9.17, 15) is 8.42 Å². The number of H-pyrrole nitrogens is 1. The lowest BCUT2D eigenvalue weighted by molar-refractivity contribution is 0.580. The van der Waals surface area contributed by atoms with Crippen LogP contribution in [0.2, 0.25) is 5.02 Å². The van der Waals surface area contributed by atoms with Crippen molar-refractivity contribution >= 4 is 21.6 Å². The summed E-state index contributed by atoms with van der Waals surface area (Å²) in [6.45, 7) is 4.14. The van der Waals surface area contributed by atoms with Gasteiger partial charge in [-0.25, -0.2) is 13.1 Å². The summed E-state index contributed by atoms with van der Waals surface area (Å²) < 4.78 is 26.7. The van der Waals surface area contributed by atoms with Crippen molar-refractivity contribution in [2.75, 3.05) is 0 Å². The first-order valence-corrected chi connectivity index (χ1v) is 8.26. The molecule has 0 aliphatic carbocycles. The molecule has 2 N–H and O–H groups in total. The molecule has 20 heavy (non-hydrogen) atoms. The summed E-state index contributed by atoms with van der Waals surface area (Å²) >= 11 is 5.98. The van der Waals surface area contributed by atoms with Crippen molar-refractivity contribution in [1.82, 2.24) is 9.71 Å². The molecular weight excluding hydrogens is 296 g/mol. The fourth-order valence-electron chi connectivity index (χ4n) is 2.02. The molecule has 1 aromatic carbocycles. The van der Waals surface area contributed by atoms with Crippen LogP contribution in [0.15, 0.2) is 30.3 Å². The summed E-state index contributed by atoms with van der Waals surface area (Å²) in [5.41, 5.74) is 3.54. The third-order valence-corrected chi connectivity index (χ3v) is 4.69. The predicted molar refractivity (Wildman–Crippen MR) is 81.2 cm³/mol. The molecule has 0 atom stereocenters. The average molecular weight is 313 g/mol. The van der Waals surface area contributed by atoms with Gasteiger partial charge in [-0.1, -0.05) is 29.8 Å². The average Bonchev–Trinajstić information content (AvgIpc) is 2.68. The number of sulfonamides is 1.